The summed E-state index contributed by atoms with van der Waals surface area (Å²) in [6.07, 6.45) is 5.91. The van der Waals surface area contributed by atoms with Gasteiger partial charge in [0.1, 0.15) is 0 Å². The van der Waals surface area contributed by atoms with Gasteiger partial charge in [-0.1, -0.05) is 37.3 Å². The van der Waals surface area contributed by atoms with Gasteiger partial charge in [0.05, 0.1) is 15.5 Å². The van der Waals surface area contributed by atoms with E-state index in [4.69, 9.17) is 22.3 Å². The van der Waals surface area contributed by atoms with E-state index < -0.39 is 9.05 Å². The maximum atomic E-state index is 12.1. The van der Waals surface area contributed by atoms with E-state index in [1.54, 1.807) is 0 Å². The highest BCUT2D eigenvalue weighted by atomic mass is 35.7. The highest BCUT2D eigenvalue weighted by molar-refractivity contribution is 8.13. The first-order valence-corrected chi connectivity index (χ1v) is 9.59. The van der Waals surface area contributed by atoms with E-state index in [9.17, 15) is 13.2 Å². The topological polar surface area (TPSA) is 63.2 Å². The van der Waals surface area contributed by atoms with Crippen LogP contribution >= 0.6 is 22.3 Å². The van der Waals surface area contributed by atoms with Crippen molar-refractivity contribution in [2.45, 2.75) is 37.0 Å². The summed E-state index contributed by atoms with van der Waals surface area (Å²) in [5.41, 5.74) is 0.129. The fraction of sp³-hybridized carbons (Fsp3) is 0.500. The van der Waals surface area contributed by atoms with Crippen LogP contribution in [0.5, 0.6) is 0 Å². The molecule has 0 spiro atoms. The van der Waals surface area contributed by atoms with Crippen LogP contribution in [-0.4, -0.2) is 20.9 Å². The Morgan fingerprint density at radius 2 is 1.95 bits per heavy atom. The van der Waals surface area contributed by atoms with Crippen LogP contribution in [0.1, 0.15) is 42.5 Å². The van der Waals surface area contributed by atoms with E-state index in [0.717, 1.165) is 6.42 Å². The van der Waals surface area contributed by atoms with Gasteiger partial charge >= 0.3 is 0 Å². The van der Waals surface area contributed by atoms with E-state index in [1.807, 2.05) is 0 Å². The predicted octanol–water partition coefficient (Wildman–Crippen LogP) is 3.58. The van der Waals surface area contributed by atoms with Crippen molar-refractivity contribution < 1.29 is 13.2 Å². The van der Waals surface area contributed by atoms with E-state index in [-0.39, 0.29) is 21.4 Å². The molecule has 0 aromatic heterocycles. The second-order valence-electron chi connectivity index (χ2n) is 5.27. The quantitative estimate of drug-likeness (QED) is 0.826. The Morgan fingerprint density at radius 1 is 1.29 bits per heavy atom. The summed E-state index contributed by atoms with van der Waals surface area (Å²) >= 11 is 5.95. The van der Waals surface area contributed by atoms with Gasteiger partial charge in [-0.05, 0) is 30.5 Å². The molecule has 4 nitrogen and oxygen atoms in total. The van der Waals surface area contributed by atoms with Gasteiger partial charge in [0.15, 0.2) is 0 Å². The average Bonchev–Trinajstić information content (AvgIpc) is 2.91. The van der Waals surface area contributed by atoms with Crippen LogP contribution in [0.25, 0.3) is 0 Å². The second kappa shape index (κ2) is 6.99. The van der Waals surface area contributed by atoms with Crippen molar-refractivity contribution in [3.8, 4) is 0 Å². The number of hydrogen-bond acceptors (Lipinski definition) is 3. The van der Waals surface area contributed by atoms with Crippen molar-refractivity contribution in [3.63, 3.8) is 0 Å². The maximum Gasteiger partial charge on any atom is 0.261 e. The molecule has 1 fully saturated rings. The molecular formula is C14H17Cl2NO3S. The van der Waals surface area contributed by atoms with Crippen molar-refractivity contribution >= 4 is 37.2 Å². The number of halogens is 2. The SMILES string of the molecule is O=C(NCCC1CCCC1)c1cc(S(=O)(=O)Cl)ccc1Cl. The molecule has 0 bridgehead atoms. The molecule has 1 aliphatic rings. The van der Waals surface area contributed by atoms with E-state index in [2.05, 4.69) is 5.32 Å². The Bertz CT molecular complexity index is 625. The first-order valence-electron chi connectivity index (χ1n) is 6.90. The Hall–Kier alpha value is -0.780. The third kappa shape index (κ3) is 4.59. The average molecular weight is 350 g/mol. The fourth-order valence-corrected chi connectivity index (χ4v) is 3.59. The molecule has 1 saturated carbocycles. The number of carbonyl (C=O) groups is 1. The minimum absolute atomic E-state index is 0.129. The van der Waals surface area contributed by atoms with E-state index in [0.29, 0.717) is 12.5 Å². The molecule has 2 rings (SSSR count). The fourth-order valence-electron chi connectivity index (χ4n) is 2.61. The minimum atomic E-state index is -3.88. The number of benzene rings is 1. The number of amides is 1. The summed E-state index contributed by atoms with van der Waals surface area (Å²) < 4.78 is 22.6. The second-order valence-corrected chi connectivity index (χ2v) is 8.25. The van der Waals surface area contributed by atoms with Crippen LogP contribution in [-0.2, 0) is 9.05 Å². The zero-order valence-corrected chi connectivity index (χ0v) is 13.8. The van der Waals surface area contributed by atoms with Gasteiger partial charge in [0.2, 0.25) is 0 Å². The first-order chi connectivity index (χ1) is 9.88. The molecule has 0 aliphatic heterocycles. The molecule has 1 aliphatic carbocycles. The van der Waals surface area contributed by atoms with Gasteiger partial charge in [-0.15, -0.1) is 0 Å². The van der Waals surface area contributed by atoms with Crippen LogP contribution in [0.4, 0.5) is 0 Å². The zero-order valence-electron chi connectivity index (χ0n) is 11.4. The lowest BCUT2D eigenvalue weighted by atomic mass is 10.0. The number of hydrogen-bond donors (Lipinski definition) is 1. The molecule has 0 unspecified atom stereocenters. The Kier molecular flexibility index (Phi) is 5.52. The van der Waals surface area contributed by atoms with Gasteiger partial charge in [0.25, 0.3) is 15.0 Å². The highest BCUT2D eigenvalue weighted by Gasteiger charge is 2.18. The predicted molar refractivity (Wildman–Crippen MR) is 83.4 cm³/mol. The zero-order chi connectivity index (χ0) is 15.5. The molecule has 0 atom stereocenters. The Labute approximate surface area is 134 Å². The summed E-state index contributed by atoms with van der Waals surface area (Å²) in [6, 6.07) is 3.85. The molecule has 21 heavy (non-hydrogen) atoms. The smallest absolute Gasteiger partial charge is 0.261 e. The molecule has 7 heteroatoms. The molecule has 1 aromatic carbocycles. The van der Waals surface area contributed by atoms with Crippen LogP contribution in [0.15, 0.2) is 23.1 Å². The van der Waals surface area contributed by atoms with Crippen LogP contribution in [0.2, 0.25) is 5.02 Å². The summed E-state index contributed by atoms with van der Waals surface area (Å²) in [7, 11) is 1.40. The van der Waals surface area contributed by atoms with Crippen LogP contribution in [0.3, 0.4) is 0 Å². The molecule has 116 valence electrons. The Morgan fingerprint density at radius 3 is 2.57 bits per heavy atom. The van der Waals surface area contributed by atoms with Crippen molar-refractivity contribution in [1.82, 2.24) is 5.32 Å². The Balaban J connectivity index is 2.01. The molecule has 1 N–H and O–H groups in total. The van der Waals surface area contributed by atoms with Gasteiger partial charge in [-0.3, -0.25) is 4.79 Å². The number of rotatable bonds is 5. The standard InChI is InChI=1S/C14H17Cl2NO3S/c15-13-6-5-11(21(16,19)20)9-12(13)14(18)17-8-7-10-3-1-2-4-10/h5-6,9-10H,1-4,7-8H2,(H,17,18). The van der Waals surface area contributed by atoms with Crippen molar-refractivity contribution in [2.75, 3.05) is 6.54 Å². The number of carbonyl (C=O) groups excluding carboxylic acids is 1. The third-order valence-corrected chi connectivity index (χ3v) is 5.46. The van der Waals surface area contributed by atoms with Crippen molar-refractivity contribution in [3.05, 3.63) is 28.8 Å². The summed E-state index contributed by atoms with van der Waals surface area (Å²) in [5.74, 6) is 0.301. The molecule has 0 saturated heterocycles. The largest absolute Gasteiger partial charge is 0.352 e. The van der Waals surface area contributed by atoms with Crippen LogP contribution < -0.4 is 5.32 Å². The normalized spacial score (nSPS) is 16.1. The lowest BCUT2D eigenvalue weighted by molar-refractivity contribution is 0.0951. The highest BCUT2D eigenvalue weighted by Crippen LogP contribution is 2.27. The lowest BCUT2D eigenvalue weighted by Crippen LogP contribution is -2.26. The molecular weight excluding hydrogens is 333 g/mol. The third-order valence-electron chi connectivity index (χ3n) is 3.78. The molecule has 1 aromatic rings. The molecule has 0 radical (unpaired) electrons. The number of nitrogens with one attached hydrogen (secondary N) is 1. The van der Waals surface area contributed by atoms with E-state index >= 15 is 0 Å². The molecule has 1 amide bonds. The minimum Gasteiger partial charge on any atom is -0.352 e. The summed E-state index contributed by atoms with van der Waals surface area (Å²) in [5, 5.41) is 2.99. The van der Waals surface area contributed by atoms with Gasteiger partial charge in [-0.25, -0.2) is 8.42 Å². The first kappa shape index (κ1) is 16.6. The monoisotopic (exact) mass is 349 g/mol. The van der Waals surface area contributed by atoms with E-state index in [1.165, 1.54) is 43.9 Å². The maximum absolute atomic E-state index is 12.1. The lowest BCUT2D eigenvalue weighted by Gasteiger charge is -2.11. The van der Waals surface area contributed by atoms with Crippen molar-refractivity contribution in [1.29, 1.82) is 0 Å². The van der Waals surface area contributed by atoms with Crippen LogP contribution in [0, 0.1) is 5.92 Å². The van der Waals surface area contributed by atoms with Crippen molar-refractivity contribution in [2.24, 2.45) is 5.92 Å². The van der Waals surface area contributed by atoms with Gasteiger partial charge in [0, 0.05) is 17.2 Å². The van der Waals surface area contributed by atoms with Gasteiger partial charge < -0.3 is 5.32 Å². The molecule has 0 heterocycles. The summed E-state index contributed by atoms with van der Waals surface area (Å²) in [4.78, 5) is 12.0. The summed E-state index contributed by atoms with van der Waals surface area (Å²) in [6.45, 7) is 0.567. The van der Waals surface area contributed by atoms with Gasteiger partial charge in [-0.2, -0.15) is 0 Å².